The van der Waals surface area contributed by atoms with Crippen LogP contribution in [0, 0.1) is 5.92 Å². The Balaban J connectivity index is 2.85. The summed E-state index contributed by atoms with van der Waals surface area (Å²) in [6, 6.07) is 4.93. The highest BCUT2D eigenvalue weighted by Gasteiger charge is 2.16. The van der Waals surface area contributed by atoms with Gasteiger partial charge in [0.05, 0.1) is 12.2 Å². The van der Waals surface area contributed by atoms with Crippen molar-refractivity contribution in [2.75, 3.05) is 12.3 Å². The summed E-state index contributed by atoms with van der Waals surface area (Å²) >= 11 is 0. The number of benzene rings is 1. The molecule has 0 aromatic heterocycles. The second-order valence-electron chi connectivity index (χ2n) is 4.58. The molecule has 0 aliphatic carbocycles. The number of rotatable bonds is 5. The van der Waals surface area contributed by atoms with Crippen LogP contribution in [0.5, 0.6) is 5.75 Å². The minimum Gasteiger partial charge on any atom is -0.494 e. The predicted molar refractivity (Wildman–Crippen MR) is 71.7 cm³/mol. The van der Waals surface area contributed by atoms with Gasteiger partial charge in [0.25, 0.3) is 0 Å². The average molecular weight is 251 g/mol. The number of carbonyl (C=O) groups excluding carboxylic acids is 1. The lowest BCUT2D eigenvalue weighted by Gasteiger charge is -2.17. The molecule has 1 rings (SSSR count). The van der Waals surface area contributed by atoms with Crippen LogP contribution in [0.25, 0.3) is 0 Å². The zero-order chi connectivity index (χ0) is 13.7. The van der Waals surface area contributed by atoms with Gasteiger partial charge >= 0.3 is 5.97 Å². The lowest BCUT2D eigenvalue weighted by atomic mass is 10.1. The smallest absolute Gasteiger partial charge is 0.338 e. The summed E-state index contributed by atoms with van der Waals surface area (Å²) in [6.07, 6.45) is -0.130. The highest BCUT2D eigenvalue weighted by Crippen LogP contribution is 2.20. The molecule has 100 valence electrons. The normalized spacial score (nSPS) is 12.3. The Kier molecular flexibility index (Phi) is 5.01. The number of esters is 1. The van der Waals surface area contributed by atoms with Crippen molar-refractivity contribution >= 4 is 11.7 Å². The van der Waals surface area contributed by atoms with Crippen molar-refractivity contribution in [2.24, 2.45) is 5.92 Å². The van der Waals surface area contributed by atoms with Crippen LogP contribution in [-0.4, -0.2) is 18.7 Å². The van der Waals surface area contributed by atoms with Crippen LogP contribution in [0.2, 0.25) is 0 Å². The first kappa shape index (κ1) is 14.4. The summed E-state index contributed by atoms with van der Waals surface area (Å²) in [4.78, 5) is 11.9. The maximum atomic E-state index is 11.9. The zero-order valence-electron chi connectivity index (χ0n) is 11.4. The van der Waals surface area contributed by atoms with E-state index in [1.54, 1.807) is 18.2 Å². The van der Waals surface area contributed by atoms with E-state index >= 15 is 0 Å². The topological polar surface area (TPSA) is 61.5 Å². The third-order valence-electron chi connectivity index (χ3n) is 2.71. The fourth-order valence-electron chi connectivity index (χ4n) is 1.36. The molecular formula is C14H21NO3. The monoisotopic (exact) mass is 251 g/mol. The Hall–Kier alpha value is -1.71. The van der Waals surface area contributed by atoms with Gasteiger partial charge in [0, 0.05) is 11.8 Å². The molecule has 0 heterocycles. The van der Waals surface area contributed by atoms with E-state index in [0.29, 0.717) is 23.6 Å². The minimum absolute atomic E-state index is 0.130. The van der Waals surface area contributed by atoms with Gasteiger partial charge in [-0.25, -0.2) is 4.79 Å². The molecule has 18 heavy (non-hydrogen) atoms. The second kappa shape index (κ2) is 6.28. The first-order valence-corrected chi connectivity index (χ1v) is 6.18. The van der Waals surface area contributed by atoms with Gasteiger partial charge in [0.1, 0.15) is 11.9 Å². The third-order valence-corrected chi connectivity index (χ3v) is 2.71. The summed E-state index contributed by atoms with van der Waals surface area (Å²) < 4.78 is 10.7. The molecule has 4 nitrogen and oxygen atoms in total. The summed E-state index contributed by atoms with van der Waals surface area (Å²) in [5.74, 6) is 0.493. The molecule has 0 aliphatic heterocycles. The SMILES string of the molecule is CCOc1cc(N)cc(C(=O)OC(C)C(C)C)c1. The predicted octanol–water partition coefficient (Wildman–Crippen LogP) is 2.87. The van der Waals surface area contributed by atoms with Gasteiger partial charge < -0.3 is 15.2 Å². The largest absolute Gasteiger partial charge is 0.494 e. The van der Waals surface area contributed by atoms with E-state index in [9.17, 15) is 4.79 Å². The Morgan fingerprint density at radius 3 is 2.50 bits per heavy atom. The van der Waals surface area contributed by atoms with Crippen molar-refractivity contribution in [2.45, 2.75) is 33.8 Å². The summed E-state index contributed by atoms with van der Waals surface area (Å²) in [5.41, 5.74) is 6.64. The van der Waals surface area contributed by atoms with Crippen molar-refractivity contribution in [3.8, 4) is 5.75 Å². The van der Waals surface area contributed by atoms with Gasteiger partial charge in [-0.2, -0.15) is 0 Å². The molecule has 1 aromatic carbocycles. The fraction of sp³-hybridized carbons (Fsp3) is 0.500. The molecule has 0 saturated carbocycles. The van der Waals surface area contributed by atoms with Gasteiger partial charge in [0.15, 0.2) is 0 Å². The first-order valence-electron chi connectivity index (χ1n) is 6.18. The molecule has 1 atom stereocenters. The first-order chi connectivity index (χ1) is 8.43. The lowest BCUT2D eigenvalue weighted by Crippen LogP contribution is -2.20. The third kappa shape index (κ3) is 3.95. The quantitative estimate of drug-likeness (QED) is 0.645. The fourth-order valence-corrected chi connectivity index (χ4v) is 1.36. The molecule has 0 saturated heterocycles. The molecule has 0 bridgehead atoms. The highest BCUT2D eigenvalue weighted by atomic mass is 16.5. The molecule has 0 fully saturated rings. The van der Waals surface area contributed by atoms with Gasteiger partial charge in [-0.1, -0.05) is 13.8 Å². The van der Waals surface area contributed by atoms with Gasteiger partial charge in [-0.15, -0.1) is 0 Å². The Bertz CT molecular complexity index is 416. The molecule has 0 aliphatic rings. The van der Waals surface area contributed by atoms with Crippen LogP contribution in [0.3, 0.4) is 0 Å². The molecular weight excluding hydrogens is 230 g/mol. The van der Waals surface area contributed by atoms with Crippen LogP contribution >= 0.6 is 0 Å². The summed E-state index contributed by atoms with van der Waals surface area (Å²) in [5, 5.41) is 0. The van der Waals surface area contributed by atoms with E-state index < -0.39 is 0 Å². The number of anilines is 1. The molecule has 2 N–H and O–H groups in total. The van der Waals surface area contributed by atoms with Gasteiger partial charge in [-0.05, 0) is 31.9 Å². The molecule has 1 aromatic rings. The number of hydrogen-bond donors (Lipinski definition) is 1. The Morgan fingerprint density at radius 2 is 1.94 bits per heavy atom. The van der Waals surface area contributed by atoms with Crippen LogP contribution in [0.1, 0.15) is 38.1 Å². The standard InChI is InChI=1S/C14H21NO3/c1-5-17-13-7-11(6-12(15)8-13)14(16)18-10(4)9(2)3/h6-10H,5,15H2,1-4H3. The van der Waals surface area contributed by atoms with E-state index in [2.05, 4.69) is 0 Å². The van der Waals surface area contributed by atoms with E-state index in [1.807, 2.05) is 27.7 Å². The van der Waals surface area contributed by atoms with Gasteiger partial charge in [0.2, 0.25) is 0 Å². The molecule has 0 amide bonds. The Morgan fingerprint density at radius 1 is 1.28 bits per heavy atom. The summed E-state index contributed by atoms with van der Waals surface area (Å²) in [7, 11) is 0. The van der Waals surface area contributed by atoms with Gasteiger partial charge in [-0.3, -0.25) is 0 Å². The number of ether oxygens (including phenoxy) is 2. The van der Waals surface area contributed by atoms with E-state index in [4.69, 9.17) is 15.2 Å². The van der Waals surface area contributed by atoms with E-state index in [1.165, 1.54) is 0 Å². The Labute approximate surface area is 108 Å². The number of hydrogen-bond acceptors (Lipinski definition) is 4. The second-order valence-corrected chi connectivity index (χ2v) is 4.58. The number of carbonyl (C=O) groups is 1. The lowest BCUT2D eigenvalue weighted by molar-refractivity contribution is 0.0237. The maximum Gasteiger partial charge on any atom is 0.338 e. The minimum atomic E-state index is -0.371. The number of nitrogen functional groups attached to an aromatic ring is 1. The average Bonchev–Trinajstić information content (AvgIpc) is 2.28. The van der Waals surface area contributed by atoms with Crippen LogP contribution in [-0.2, 0) is 4.74 Å². The highest BCUT2D eigenvalue weighted by molar-refractivity contribution is 5.91. The molecule has 0 radical (unpaired) electrons. The van der Waals surface area contributed by atoms with Crippen LogP contribution < -0.4 is 10.5 Å². The molecule has 0 spiro atoms. The van der Waals surface area contributed by atoms with Crippen molar-refractivity contribution in [3.05, 3.63) is 23.8 Å². The van der Waals surface area contributed by atoms with Crippen LogP contribution in [0.4, 0.5) is 5.69 Å². The zero-order valence-corrected chi connectivity index (χ0v) is 11.4. The van der Waals surface area contributed by atoms with Crippen LogP contribution in [0.15, 0.2) is 18.2 Å². The van der Waals surface area contributed by atoms with Crippen molar-refractivity contribution in [3.63, 3.8) is 0 Å². The maximum absolute atomic E-state index is 11.9. The van der Waals surface area contributed by atoms with E-state index in [0.717, 1.165) is 0 Å². The van der Waals surface area contributed by atoms with Crippen molar-refractivity contribution in [1.82, 2.24) is 0 Å². The molecule has 1 unspecified atom stereocenters. The summed E-state index contributed by atoms with van der Waals surface area (Å²) in [6.45, 7) is 8.28. The number of nitrogens with two attached hydrogens (primary N) is 1. The van der Waals surface area contributed by atoms with Crippen molar-refractivity contribution in [1.29, 1.82) is 0 Å². The van der Waals surface area contributed by atoms with Crippen molar-refractivity contribution < 1.29 is 14.3 Å². The molecule has 4 heteroatoms. The van der Waals surface area contributed by atoms with E-state index in [-0.39, 0.29) is 18.0 Å².